The smallest absolute Gasteiger partial charge is 0.145 e. The second kappa shape index (κ2) is 10.3. The topological polar surface area (TPSA) is 37.5 Å². The summed E-state index contributed by atoms with van der Waals surface area (Å²) in [4.78, 5) is 5.08. The molecule has 0 fully saturated rings. The number of aryl methyl sites for hydroxylation is 1. The molecular formula is C38H28N2O. The van der Waals surface area contributed by atoms with Crippen LogP contribution in [-0.4, -0.2) is 14.5 Å². The van der Waals surface area contributed by atoms with Crippen LogP contribution < -0.4 is 0 Å². The number of rotatable bonds is 5. The van der Waals surface area contributed by atoms with Crippen LogP contribution in [0.2, 0.25) is 0 Å². The molecule has 196 valence electrons. The largest absolute Gasteiger partial charge is 0.507 e. The van der Waals surface area contributed by atoms with E-state index < -0.39 is 0 Å². The average molecular weight is 529 g/mol. The van der Waals surface area contributed by atoms with E-state index in [4.69, 9.17) is 4.98 Å². The number of hydrogen-bond acceptors (Lipinski definition) is 2. The summed E-state index contributed by atoms with van der Waals surface area (Å²) in [6.07, 6.45) is 2.04. The van der Waals surface area contributed by atoms with Crippen molar-refractivity contribution in [2.75, 3.05) is 0 Å². The van der Waals surface area contributed by atoms with Gasteiger partial charge in [-0.05, 0) is 94.4 Å². The Morgan fingerprint density at radius 2 is 1.00 bits per heavy atom. The van der Waals surface area contributed by atoms with E-state index in [2.05, 4.69) is 108 Å². The highest BCUT2D eigenvalue weighted by Gasteiger charge is 2.17. The lowest BCUT2D eigenvalue weighted by molar-refractivity contribution is 0.477. The first kappa shape index (κ1) is 24.6. The Kier molecular flexibility index (Phi) is 6.18. The second-order valence-electron chi connectivity index (χ2n) is 10.3. The van der Waals surface area contributed by atoms with Crippen molar-refractivity contribution in [3.8, 4) is 61.5 Å². The van der Waals surface area contributed by atoms with Crippen molar-refractivity contribution in [2.24, 2.45) is 0 Å². The standard InChI is InChI=1S/C38H28N2O/c1-26-37(35-18-8-9-20-36(35)41)39-38-34(19-11-21-40(26)38)33-24-31(28-14-6-3-7-15-28)23-32(25-33)30-17-10-16-29(22-30)27-12-4-2-5-13-27/h2-25,41H,1H3. The van der Waals surface area contributed by atoms with Gasteiger partial charge < -0.3 is 9.51 Å². The fourth-order valence-corrected chi connectivity index (χ4v) is 5.60. The molecule has 0 atom stereocenters. The Bertz CT molecular complexity index is 2010. The van der Waals surface area contributed by atoms with Gasteiger partial charge in [-0.3, -0.25) is 0 Å². The Labute approximate surface area is 239 Å². The minimum atomic E-state index is 0.229. The molecule has 5 aromatic carbocycles. The van der Waals surface area contributed by atoms with Gasteiger partial charge in [-0.1, -0.05) is 91.0 Å². The fraction of sp³-hybridized carbons (Fsp3) is 0.0263. The number of aromatic nitrogens is 2. The van der Waals surface area contributed by atoms with E-state index in [1.165, 1.54) is 11.1 Å². The molecule has 41 heavy (non-hydrogen) atoms. The van der Waals surface area contributed by atoms with Crippen LogP contribution in [0.5, 0.6) is 5.75 Å². The molecule has 0 saturated carbocycles. The zero-order valence-electron chi connectivity index (χ0n) is 22.7. The monoisotopic (exact) mass is 528 g/mol. The van der Waals surface area contributed by atoms with Crippen LogP contribution in [0.15, 0.2) is 146 Å². The van der Waals surface area contributed by atoms with Crippen LogP contribution in [0.25, 0.3) is 61.4 Å². The molecule has 3 heteroatoms. The number of pyridine rings is 1. The van der Waals surface area contributed by atoms with Gasteiger partial charge in [-0.15, -0.1) is 0 Å². The van der Waals surface area contributed by atoms with Gasteiger partial charge >= 0.3 is 0 Å². The predicted octanol–water partition coefficient (Wildman–Crippen LogP) is 9.68. The summed E-state index contributed by atoms with van der Waals surface area (Å²) in [5.41, 5.74) is 12.5. The number of hydrogen-bond donors (Lipinski definition) is 1. The van der Waals surface area contributed by atoms with Gasteiger partial charge in [0.25, 0.3) is 0 Å². The van der Waals surface area contributed by atoms with Gasteiger partial charge in [-0.25, -0.2) is 4.98 Å². The summed E-state index contributed by atoms with van der Waals surface area (Å²) < 4.78 is 2.11. The average Bonchev–Trinajstić information content (AvgIpc) is 3.38. The molecule has 0 bridgehead atoms. The van der Waals surface area contributed by atoms with Gasteiger partial charge in [-0.2, -0.15) is 0 Å². The summed E-state index contributed by atoms with van der Waals surface area (Å²) in [6.45, 7) is 2.05. The Morgan fingerprint density at radius 1 is 0.488 bits per heavy atom. The van der Waals surface area contributed by atoms with Crippen LogP contribution in [0.1, 0.15) is 5.69 Å². The highest BCUT2D eigenvalue weighted by atomic mass is 16.3. The molecule has 0 saturated heterocycles. The number of benzene rings is 5. The molecular weight excluding hydrogens is 500 g/mol. The second-order valence-corrected chi connectivity index (χ2v) is 10.3. The van der Waals surface area contributed by atoms with E-state index in [-0.39, 0.29) is 5.75 Å². The van der Waals surface area contributed by atoms with E-state index in [1.54, 1.807) is 6.07 Å². The molecule has 1 N–H and O–H groups in total. The molecule has 0 aliphatic carbocycles. The van der Waals surface area contributed by atoms with Crippen LogP contribution in [-0.2, 0) is 0 Å². The summed E-state index contributed by atoms with van der Waals surface area (Å²) in [7, 11) is 0. The third-order valence-electron chi connectivity index (χ3n) is 7.70. The first-order valence-corrected chi connectivity index (χ1v) is 13.8. The molecule has 2 aromatic heterocycles. The van der Waals surface area contributed by atoms with E-state index in [1.807, 2.05) is 43.5 Å². The van der Waals surface area contributed by atoms with Crippen molar-refractivity contribution >= 4 is 5.65 Å². The van der Waals surface area contributed by atoms with Gasteiger partial charge in [0.2, 0.25) is 0 Å². The number of para-hydroxylation sites is 1. The number of phenols is 1. The third kappa shape index (κ3) is 4.58. The molecule has 0 radical (unpaired) electrons. The number of aromatic hydroxyl groups is 1. The molecule has 0 aliphatic rings. The predicted molar refractivity (Wildman–Crippen MR) is 169 cm³/mol. The fourth-order valence-electron chi connectivity index (χ4n) is 5.60. The SMILES string of the molecule is Cc1c(-c2ccccc2O)nc2c(-c3cc(-c4ccccc4)cc(-c4cccc(-c5ccccc5)c4)c3)cccn12. The highest BCUT2D eigenvalue weighted by Crippen LogP contribution is 2.38. The Balaban J connectivity index is 1.43. The first-order valence-electron chi connectivity index (χ1n) is 13.8. The zero-order chi connectivity index (χ0) is 27.8. The zero-order valence-corrected chi connectivity index (χ0v) is 22.7. The number of nitrogens with zero attached hydrogens (tertiary/aromatic N) is 2. The van der Waals surface area contributed by atoms with Gasteiger partial charge in [0.15, 0.2) is 0 Å². The molecule has 0 spiro atoms. The van der Waals surface area contributed by atoms with Crippen LogP contribution >= 0.6 is 0 Å². The maximum absolute atomic E-state index is 10.6. The molecule has 7 rings (SSSR count). The minimum absolute atomic E-state index is 0.229. The Hall–Kier alpha value is -5.41. The van der Waals surface area contributed by atoms with Crippen molar-refractivity contribution in [1.29, 1.82) is 0 Å². The van der Waals surface area contributed by atoms with Crippen molar-refractivity contribution in [3.05, 3.63) is 151 Å². The van der Waals surface area contributed by atoms with E-state index in [0.29, 0.717) is 0 Å². The third-order valence-corrected chi connectivity index (χ3v) is 7.70. The normalized spacial score (nSPS) is 11.1. The molecule has 7 aromatic rings. The van der Waals surface area contributed by atoms with E-state index in [0.717, 1.165) is 56.0 Å². The van der Waals surface area contributed by atoms with Crippen molar-refractivity contribution in [1.82, 2.24) is 9.38 Å². The molecule has 0 unspecified atom stereocenters. The van der Waals surface area contributed by atoms with Gasteiger partial charge in [0, 0.05) is 23.0 Å². The highest BCUT2D eigenvalue weighted by molar-refractivity contribution is 5.88. The van der Waals surface area contributed by atoms with Crippen LogP contribution in [0.4, 0.5) is 0 Å². The summed E-state index contributed by atoms with van der Waals surface area (Å²) in [5, 5.41) is 10.6. The Morgan fingerprint density at radius 3 is 1.71 bits per heavy atom. The van der Waals surface area contributed by atoms with Crippen molar-refractivity contribution in [3.63, 3.8) is 0 Å². The van der Waals surface area contributed by atoms with E-state index >= 15 is 0 Å². The minimum Gasteiger partial charge on any atom is -0.507 e. The molecule has 0 aliphatic heterocycles. The quantitative estimate of drug-likeness (QED) is 0.241. The lowest BCUT2D eigenvalue weighted by Crippen LogP contribution is -1.92. The lowest BCUT2D eigenvalue weighted by Gasteiger charge is -2.13. The molecule has 0 amide bonds. The summed E-state index contributed by atoms with van der Waals surface area (Å²) in [6, 6.07) is 48.1. The maximum Gasteiger partial charge on any atom is 0.145 e. The van der Waals surface area contributed by atoms with Crippen LogP contribution in [0, 0.1) is 6.92 Å². The maximum atomic E-state index is 10.6. The number of phenolic OH excluding ortho intramolecular Hbond substituents is 1. The molecule has 2 heterocycles. The molecule has 3 nitrogen and oxygen atoms in total. The van der Waals surface area contributed by atoms with Gasteiger partial charge in [0.1, 0.15) is 11.4 Å². The van der Waals surface area contributed by atoms with Crippen molar-refractivity contribution in [2.45, 2.75) is 6.92 Å². The van der Waals surface area contributed by atoms with Crippen LogP contribution in [0.3, 0.4) is 0 Å². The number of fused-ring (bicyclic) bond motifs is 1. The lowest BCUT2D eigenvalue weighted by atomic mass is 9.92. The van der Waals surface area contributed by atoms with Crippen molar-refractivity contribution < 1.29 is 5.11 Å². The van der Waals surface area contributed by atoms with Gasteiger partial charge in [0.05, 0.1) is 5.69 Å². The number of imidazole rings is 1. The summed E-state index contributed by atoms with van der Waals surface area (Å²) in [5.74, 6) is 0.229. The van der Waals surface area contributed by atoms with E-state index in [9.17, 15) is 5.11 Å². The first-order chi connectivity index (χ1) is 20.2. The summed E-state index contributed by atoms with van der Waals surface area (Å²) >= 11 is 0.